The van der Waals surface area contributed by atoms with E-state index in [1.165, 1.54) is 0 Å². The number of nitrogens with zero attached hydrogens (tertiary/aromatic N) is 1. The maximum Gasteiger partial charge on any atom is 0.315 e. The van der Waals surface area contributed by atoms with Crippen LogP contribution in [0.1, 0.15) is 47.5 Å². The molecule has 1 aliphatic rings. The van der Waals surface area contributed by atoms with Gasteiger partial charge in [0.25, 0.3) is 0 Å². The Morgan fingerprint density at radius 3 is 2.10 bits per heavy atom. The molecular formula is C13H27N3O3S. The van der Waals surface area contributed by atoms with Crippen LogP contribution in [0.15, 0.2) is 0 Å². The second kappa shape index (κ2) is 6.76. The van der Waals surface area contributed by atoms with Crippen LogP contribution in [-0.2, 0) is 10.0 Å². The average molecular weight is 305 g/mol. The summed E-state index contributed by atoms with van der Waals surface area (Å²) in [5.74, 6) is 0. The topological polar surface area (TPSA) is 78.5 Å². The summed E-state index contributed by atoms with van der Waals surface area (Å²) in [5, 5.41) is 5.08. The molecule has 0 bridgehead atoms. The molecule has 0 radical (unpaired) electrons. The van der Waals surface area contributed by atoms with Gasteiger partial charge in [-0.3, -0.25) is 0 Å². The Balaban J connectivity index is 2.61. The predicted octanol–water partition coefficient (Wildman–Crippen LogP) is 1.29. The number of hydrogen-bond donors (Lipinski definition) is 2. The van der Waals surface area contributed by atoms with Crippen molar-refractivity contribution in [2.75, 3.05) is 6.54 Å². The molecular weight excluding hydrogens is 278 g/mol. The first kappa shape index (κ1) is 17.2. The summed E-state index contributed by atoms with van der Waals surface area (Å²) in [6.45, 7) is 9.29. The third kappa shape index (κ3) is 4.94. The van der Waals surface area contributed by atoms with Crippen LogP contribution in [0.25, 0.3) is 0 Å². The Morgan fingerprint density at radius 2 is 1.70 bits per heavy atom. The molecule has 0 aromatic heterocycles. The van der Waals surface area contributed by atoms with Crippen molar-refractivity contribution in [3.8, 4) is 0 Å². The first-order chi connectivity index (χ1) is 9.14. The van der Waals surface area contributed by atoms with Crippen molar-refractivity contribution in [1.29, 1.82) is 0 Å². The van der Waals surface area contributed by atoms with E-state index >= 15 is 0 Å². The van der Waals surface area contributed by atoms with Gasteiger partial charge in [0.05, 0.1) is 5.25 Å². The number of amides is 2. The SMILES string of the molecule is CC(C)NC(=O)NC(C)CN(C1CC1)S(=O)(=O)C(C)C. The van der Waals surface area contributed by atoms with Gasteiger partial charge >= 0.3 is 6.03 Å². The van der Waals surface area contributed by atoms with Crippen LogP contribution in [0.4, 0.5) is 4.79 Å². The van der Waals surface area contributed by atoms with Gasteiger partial charge in [0.1, 0.15) is 0 Å². The summed E-state index contributed by atoms with van der Waals surface area (Å²) in [7, 11) is -3.27. The second-order valence-corrected chi connectivity index (χ2v) is 8.51. The molecule has 1 rings (SSSR count). The standard InChI is InChI=1S/C13H27N3O3S/c1-9(2)14-13(17)15-11(5)8-16(12-6-7-12)20(18,19)10(3)4/h9-12H,6-8H2,1-5H3,(H2,14,15,17). The van der Waals surface area contributed by atoms with Crippen molar-refractivity contribution in [2.45, 2.75) is 70.8 Å². The molecule has 0 aromatic rings. The van der Waals surface area contributed by atoms with Gasteiger partial charge in [0.2, 0.25) is 10.0 Å². The van der Waals surface area contributed by atoms with Crippen LogP contribution >= 0.6 is 0 Å². The molecule has 1 saturated carbocycles. The van der Waals surface area contributed by atoms with Gasteiger partial charge < -0.3 is 10.6 Å². The Morgan fingerprint density at radius 1 is 1.15 bits per heavy atom. The van der Waals surface area contributed by atoms with E-state index in [-0.39, 0.29) is 24.2 Å². The van der Waals surface area contributed by atoms with Gasteiger partial charge in [0, 0.05) is 24.7 Å². The summed E-state index contributed by atoms with van der Waals surface area (Å²) in [4.78, 5) is 11.6. The fraction of sp³-hybridized carbons (Fsp3) is 0.923. The second-order valence-electron chi connectivity index (χ2n) is 6.07. The predicted molar refractivity (Wildman–Crippen MR) is 80.0 cm³/mol. The molecule has 2 amide bonds. The summed E-state index contributed by atoms with van der Waals surface area (Å²) in [5.41, 5.74) is 0. The molecule has 20 heavy (non-hydrogen) atoms. The number of rotatable bonds is 7. The summed E-state index contributed by atoms with van der Waals surface area (Å²) >= 11 is 0. The monoisotopic (exact) mass is 305 g/mol. The smallest absolute Gasteiger partial charge is 0.315 e. The Hall–Kier alpha value is -0.820. The molecule has 1 atom stereocenters. The Kier molecular flexibility index (Phi) is 5.82. The number of hydrogen-bond acceptors (Lipinski definition) is 3. The average Bonchev–Trinajstić information content (AvgIpc) is 3.07. The highest BCUT2D eigenvalue weighted by Crippen LogP contribution is 2.30. The zero-order chi connectivity index (χ0) is 15.5. The molecule has 0 heterocycles. The van der Waals surface area contributed by atoms with Gasteiger partial charge in [-0.25, -0.2) is 13.2 Å². The molecule has 7 heteroatoms. The van der Waals surface area contributed by atoms with Crippen molar-refractivity contribution in [3.05, 3.63) is 0 Å². The van der Waals surface area contributed by atoms with Crippen LogP contribution in [0.3, 0.4) is 0 Å². The third-order valence-electron chi connectivity index (χ3n) is 3.13. The number of sulfonamides is 1. The molecule has 6 nitrogen and oxygen atoms in total. The molecule has 0 spiro atoms. The molecule has 1 aliphatic carbocycles. The third-order valence-corrected chi connectivity index (χ3v) is 5.42. The van der Waals surface area contributed by atoms with Gasteiger partial charge in [-0.05, 0) is 47.5 Å². The molecule has 0 aromatic carbocycles. The van der Waals surface area contributed by atoms with Crippen LogP contribution < -0.4 is 10.6 Å². The molecule has 0 saturated heterocycles. The maximum absolute atomic E-state index is 12.3. The quantitative estimate of drug-likeness (QED) is 0.744. The molecule has 2 N–H and O–H groups in total. The largest absolute Gasteiger partial charge is 0.336 e. The van der Waals surface area contributed by atoms with Gasteiger partial charge in [-0.2, -0.15) is 4.31 Å². The molecule has 1 fully saturated rings. The number of nitrogens with one attached hydrogen (secondary N) is 2. The zero-order valence-electron chi connectivity index (χ0n) is 13.0. The highest BCUT2D eigenvalue weighted by molar-refractivity contribution is 7.89. The van der Waals surface area contributed by atoms with E-state index in [0.717, 1.165) is 12.8 Å². The van der Waals surface area contributed by atoms with E-state index in [2.05, 4.69) is 10.6 Å². The lowest BCUT2D eigenvalue weighted by Crippen LogP contribution is -2.50. The Labute approximate surface area is 122 Å². The highest BCUT2D eigenvalue weighted by Gasteiger charge is 2.39. The minimum absolute atomic E-state index is 0.0566. The van der Waals surface area contributed by atoms with Crippen molar-refractivity contribution in [1.82, 2.24) is 14.9 Å². The lowest BCUT2D eigenvalue weighted by Gasteiger charge is -2.27. The number of carbonyl (C=O) groups excluding carboxylic acids is 1. The van der Waals surface area contributed by atoms with Crippen LogP contribution in [0.5, 0.6) is 0 Å². The van der Waals surface area contributed by atoms with Crippen molar-refractivity contribution in [3.63, 3.8) is 0 Å². The van der Waals surface area contributed by atoms with Crippen molar-refractivity contribution in [2.24, 2.45) is 0 Å². The van der Waals surface area contributed by atoms with Crippen molar-refractivity contribution >= 4 is 16.1 Å². The lowest BCUT2D eigenvalue weighted by atomic mass is 10.3. The number of urea groups is 1. The first-order valence-electron chi connectivity index (χ1n) is 7.22. The minimum Gasteiger partial charge on any atom is -0.336 e. The molecule has 1 unspecified atom stereocenters. The van der Waals surface area contributed by atoms with E-state index < -0.39 is 15.3 Å². The Bertz CT molecular complexity index is 430. The first-order valence-corrected chi connectivity index (χ1v) is 8.72. The fourth-order valence-corrected chi connectivity index (χ4v) is 3.54. The summed E-state index contributed by atoms with van der Waals surface area (Å²) < 4.78 is 26.2. The fourth-order valence-electron chi connectivity index (χ4n) is 1.94. The normalized spacial score (nSPS) is 17.6. The summed E-state index contributed by atoms with van der Waals surface area (Å²) in [6.07, 6.45) is 1.83. The highest BCUT2D eigenvalue weighted by atomic mass is 32.2. The molecule has 118 valence electrons. The maximum atomic E-state index is 12.3. The van der Waals surface area contributed by atoms with Gasteiger partial charge in [-0.1, -0.05) is 0 Å². The number of carbonyl (C=O) groups is 1. The van der Waals surface area contributed by atoms with E-state index in [0.29, 0.717) is 6.54 Å². The van der Waals surface area contributed by atoms with E-state index in [9.17, 15) is 13.2 Å². The van der Waals surface area contributed by atoms with E-state index in [1.807, 2.05) is 20.8 Å². The van der Waals surface area contributed by atoms with Crippen LogP contribution in [-0.4, -0.2) is 48.7 Å². The zero-order valence-corrected chi connectivity index (χ0v) is 13.8. The van der Waals surface area contributed by atoms with Gasteiger partial charge in [-0.15, -0.1) is 0 Å². The van der Waals surface area contributed by atoms with Crippen LogP contribution in [0, 0.1) is 0 Å². The van der Waals surface area contributed by atoms with E-state index in [4.69, 9.17) is 0 Å². The van der Waals surface area contributed by atoms with E-state index in [1.54, 1.807) is 18.2 Å². The summed E-state index contributed by atoms with van der Waals surface area (Å²) in [6, 6.07) is -0.311. The molecule has 0 aliphatic heterocycles. The van der Waals surface area contributed by atoms with Gasteiger partial charge in [0.15, 0.2) is 0 Å². The van der Waals surface area contributed by atoms with Crippen LogP contribution in [0.2, 0.25) is 0 Å². The lowest BCUT2D eigenvalue weighted by molar-refractivity contribution is 0.232. The van der Waals surface area contributed by atoms with Crippen molar-refractivity contribution < 1.29 is 13.2 Å². The minimum atomic E-state index is -3.27.